The highest BCUT2D eigenvalue weighted by molar-refractivity contribution is 7.13. The summed E-state index contributed by atoms with van der Waals surface area (Å²) in [6.45, 7) is 5.92. The molecule has 0 aliphatic carbocycles. The Bertz CT molecular complexity index is 993. The van der Waals surface area contributed by atoms with Crippen LogP contribution in [-0.4, -0.2) is 23.3 Å². The van der Waals surface area contributed by atoms with E-state index >= 15 is 0 Å². The van der Waals surface area contributed by atoms with E-state index in [1.807, 2.05) is 68.6 Å². The van der Waals surface area contributed by atoms with Gasteiger partial charge in [-0.3, -0.25) is 9.59 Å². The lowest BCUT2D eigenvalue weighted by atomic mass is 10.1. The zero-order chi connectivity index (χ0) is 20.1. The van der Waals surface area contributed by atoms with Crippen LogP contribution in [0.15, 0.2) is 47.8 Å². The second kappa shape index (κ2) is 8.80. The fraction of sp³-hybridized carbons (Fsp3) is 0.227. The van der Waals surface area contributed by atoms with Crippen molar-refractivity contribution < 1.29 is 9.59 Å². The summed E-state index contributed by atoms with van der Waals surface area (Å²) in [5.74, 6) is -0.474. The number of amides is 2. The number of nitrogens with one attached hydrogen (secondary N) is 2. The summed E-state index contributed by atoms with van der Waals surface area (Å²) in [5, 5.41) is 8.25. The molecule has 0 saturated heterocycles. The monoisotopic (exact) mass is 393 g/mol. The van der Waals surface area contributed by atoms with Crippen molar-refractivity contribution in [2.75, 3.05) is 11.9 Å². The van der Waals surface area contributed by atoms with Crippen LogP contribution in [0.4, 0.5) is 5.69 Å². The number of aryl methyl sites for hydroxylation is 2. The van der Waals surface area contributed by atoms with Crippen LogP contribution in [0, 0.1) is 20.8 Å². The highest BCUT2D eigenvalue weighted by Crippen LogP contribution is 2.24. The molecule has 0 aliphatic rings. The van der Waals surface area contributed by atoms with Gasteiger partial charge in [0, 0.05) is 16.6 Å². The van der Waals surface area contributed by atoms with Gasteiger partial charge in [-0.2, -0.15) is 0 Å². The molecule has 2 amide bonds. The van der Waals surface area contributed by atoms with Crippen LogP contribution in [0.1, 0.15) is 22.4 Å². The maximum atomic E-state index is 12.2. The number of nitrogens with zero attached hydrogens (tertiary/aromatic N) is 1. The number of aromatic nitrogens is 1. The molecule has 3 aromatic rings. The van der Waals surface area contributed by atoms with E-state index in [-0.39, 0.29) is 24.8 Å². The molecular formula is C22H23N3O2S. The van der Waals surface area contributed by atoms with Gasteiger partial charge in [0.15, 0.2) is 0 Å². The van der Waals surface area contributed by atoms with Crippen LogP contribution in [0.5, 0.6) is 0 Å². The van der Waals surface area contributed by atoms with Crippen LogP contribution in [0.25, 0.3) is 10.6 Å². The van der Waals surface area contributed by atoms with Crippen molar-refractivity contribution in [1.82, 2.24) is 10.3 Å². The molecule has 2 aromatic carbocycles. The minimum Gasteiger partial charge on any atom is -0.347 e. The van der Waals surface area contributed by atoms with Gasteiger partial charge in [-0.25, -0.2) is 4.98 Å². The summed E-state index contributed by atoms with van der Waals surface area (Å²) < 4.78 is 0. The summed E-state index contributed by atoms with van der Waals surface area (Å²) in [6.07, 6.45) is 0.152. The first-order valence-corrected chi connectivity index (χ1v) is 9.94. The minimum absolute atomic E-state index is 0.0683. The number of hydrogen-bond donors (Lipinski definition) is 2. The van der Waals surface area contributed by atoms with Crippen molar-refractivity contribution in [3.05, 3.63) is 70.2 Å². The van der Waals surface area contributed by atoms with E-state index in [4.69, 9.17) is 0 Å². The Morgan fingerprint density at radius 2 is 1.75 bits per heavy atom. The maximum absolute atomic E-state index is 12.2. The molecule has 0 atom stereocenters. The molecule has 0 fully saturated rings. The lowest BCUT2D eigenvalue weighted by molar-refractivity contribution is -0.123. The topological polar surface area (TPSA) is 71.1 Å². The van der Waals surface area contributed by atoms with Crippen molar-refractivity contribution in [2.24, 2.45) is 0 Å². The Morgan fingerprint density at radius 1 is 1.00 bits per heavy atom. The lowest BCUT2D eigenvalue weighted by Crippen LogP contribution is -2.34. The smallest absolute Gasteiger partial charge is 0.243 e. The molecule has 2 N–H and O–H groups in total. The van der Waals surface area contributed by atoms with E-state index in [2.05, 4.69) is 15.6 Å². The summed E-state index contributed by atoms with van der Waals surface area (Å²) in [5.41, 5.74) is 5.83. The molecule has 3 rings (SSSR count). The highest BCUT2D eigenvalue weighted by Gasteiger charge is 2.11. The Labute approximate surface area is 168 Å². The first-order valence-electron chi connectivity index (χ1n) is 9.06. The van der Waals surface area contributed by atoms with Crippen LogP contribution in [0.2, 0.25) is 0 Å². The Kier molecular flexibility index (Phi) is 6.21. The van der Waals surface area contributed by atoms with Crippen LogP contribution in [-0.2, 0) is 16.0 Å². The van der Waals surface area contributed by atoms with Crippen molar-refractivity contribution in [3.63, 3.8) is 0 Å². The molecule has 0 bridgehead atoms. The number of hydrogen-bond acceptors (Lipinski definition) is 4. The van der Waals surface area contributed by atoms with E-state index in [9.17, 15) is 9.59 Å². The van der Waals surface area contributed by atoms with Crippen LogP contribution < -0.4 is 10.6 Å². The van der Waals surface area contributed by atoms with Gasteiger partial charge in [-0.1, -0.05) is 42.0 Å². The van der Waals surface area contributed by atoms with E-state index in [1.54, 1.807) is 0 Å². The lowest BCUT2D eigenvalue weighted by Gasteiger charge is -2.10. The maximum Gasteiger partial charge on any atom is 0.243 e. The normalized spacial score (nSPS) is 10.5. The third-order valence-electron chi connectivity index (χ3n) is 4.52. The van der Waals surface area contributed by atoms with Crippen LogP contribution in [0.3, 0.4) is 0 Å². The summed E-state index contributed by atoms with van der Waals surface area (Å²) in [4.78, 5) is 28.8. The van der Waals surface area contributed by atoms with Gasteiger partial charge in [-0.05, 0) is 38.0 Å². The predicted molar refractivity (Wildman–Crippen MR) is 114 cm³/mol. The quantitative estimate of drug-likeness (QED) is 0.664. The SMILES string of the molecule is Cc1ccc(-c2nc(CC(=O)NCC(=O)Nc3cccc(C)c3C)cs2)cc1. The van der Waals surface area contributed by atoms with Crippen molar-refractivity contribution in [1.29, 1.82) is 0 Å². The molecule has 0 spiro atoms. The molecule has 1 aromatic heterocycles. The predicted octanol–water partition coefficient (Wildman–Crippen LogP) is 4.03. The third-order valence-corrected chi connectivity index (χ3v) is 5.46. The molecular weight excluding hydrogens is 370 g/mol. The van der Waals surface area contributed by atoms with Crippen molar-refractivity contribution in [3.8, 4) is 10.6 Å². The van der Waals surface area contributed by atoms with Gasteiger partial charge in [0.25, 0.3) is 0 Å². The summed E-state index contributed by atoms with van der Waals surface area (Å²) >= 11 is 1.51. The van der Waals surface area contributed by atoms with Crippen LogP contribution >= 0.6 is 11.3 Å². The second-order valence-electron chi connectivity index (χ2n) is 6.76. The first-order chi connectivity index (χ1) is 13.4. The van der Waals surface area contributed by atoms with Crippen molar-refractivity contribution in [2.45, 2.75) is 27.2 Å². The number of rotatable bonds is 6. The van der Waals surface area contributed by atoms with Crippen molar-refractivity contribution >= 4 is 28.8 Å². The van der Waals surface area contributed by atoms with E-state index in [0.717, 1.165) is 27.4 Å². The standard InChI is InChI=1S/C22H23N3O2S/c1-14-7-9-17(10-8-14)22-24-18(13-28-22)11-20(26)23-12-21(27)25-19-6-4-5-15(2)16(19)3/h4-10,13H,11-12H2,1-3H3,(H,23,26)(H,25,27). The molecule has 0 unspecified atom stereocenters. The fourth-order valence-corrected chi connectivity index (χ4v) is 3.53. The highest BCUT2D eigenvalue weighted by atomic mass is 32.1. The van der Waals surface area contributed by atoms with Gasteiger partial charge in [-0.15, -0.1) is 11.3 Å². The number of benzene rings is 2. The second-order valence-corrected chi connectivity index (χ2v) is 7.62. The minimum atomic E-state index is -0.249. The number of carbonyl (C=O) groups excluding carboxylic acids is 2. The molecule has 0 saturated carbocycles. The van der Waals surface area contributed by atoms with E-state index in [0.29, 0.717) is 5.69 Å². The molecule has 144 valence electrons. The number of thiazole rings is 1. The zero-order valence-corrected chi connectivity index (χ0v) is 17.0. The Hall–Kier alpha value is -2.99. The molecule has 28 heavy (non-hydrogen) atoms. The van der Waals surface area contributed by atoms with Gasteiger partial charge < -0.3 is 10.6 Å². The number of carbonyl (C=O) groups is 2. The number of anilines is 1. The van der Waals surface area contributed by atoms with Gasteiger partial charge in [0.1, 0.15) is 5.01 Å². The third kappa shape index (κ3) is 5.04. The first kappa shape index (κ1) is 19.8. The average molecular weight is 394 g/mol. The van der Waals surface area contributed by atoms with E-state index < -0.39 is 0 Å². The average Bonchev–Trinajstić information content (AvgIpc) is 3.13. The molecule has 5 nitrogen and oxygen atoms in total. The van der Waals surface area contributed by atoms with Gasteiger partial charge in [0.2, 0.25) is 11.8 Å². The van der Waals surface area contributed by atoms with Gasteiger partial charge >= 0.3 is 0 Å². The fourth-order valence-electron chi connectivity index (χ4n) is 2.70. The van der Waals surface area contributed by atoms with Gasteiger partial charge in [0.05, 0.1) is 18.7 Å². The zero-order valence-electron chi connectivity index (χ0n) is 16.2. The molecule has 1 heterocycles. The molecule has 0 aliphatic heterocycles. The summed E-state index contributed by atoms with van der Waals surface area (Å²) in [7, 11) is 0. The molecule has 6 heteroatoms. The molecule has 0 radical (unpaired) electrons. The summed E-state index contributed by atoms with van der Waals surface area (Å²) in [6, 6.07) is 13.9. The largest absolute Gasteiger partial charge is 0.347 e. The van der Waals surface area contributed by atoms with E-state index in [1.165, 1.54) is 16.9 Å². The Morgan fingerprint density at radius 3 is 2.50 bits per heavy atom. The Balaban J connectivity index is 1.51.